The van der Waals surface area contributed by atoms with E-state index in [-0.39, 0.29) is 36.6 Å². The molecule has 192 valence electrons. The molecule has 1 fully saturated rings. The fraction of sp³-hybridized carbons (Fsp3) is 0.481. The number of carbonyl (C=O) groups excluding carboxylic acids is 2. The maximum atomic E-state index is 13.6. The average molecular weight is 495 g/mol. The lowest BCUT2D eigenvalue weighted by molar-refractivity contribution is -0.141. The molecule has 0 spiro atoms. The molecule has 2 aromatic heterocycles. The normalized spacial score (nSPS) is 18.7. The smallest absolute Gasteiger partial charge is 0.243 e. The van der Waals surface area contributed by atoms with Crippen LogP contribution >= 0.6 is 0 Å². The Balaban J connectivity index is 1.44. The van der Waals surface area contributed by atoms with E-state index in [1.165, 1.54) is 4.90 Å². The molecule has 1 aromatic carbocycles. The van der Waals surface area contributed by atoms with Crippen molar-refractivity contribution in [3.8, 4) is 11.1 Å². The zero-order chi connectivity index (χ0) is 26.0. The van der Waals surface area contributed by atoms with E-state index in [9.17, 15) is 14.7 Å². The van der Waals surface area contributed by atoms with Crippen molar-refractivity contribution < 1.29 is 23.7 Å². The lowest BCUT2D eigenvalue weighted by atomic mass is 9.90. The number of β-amino-alcohol motifs (C(OH)–C–C–N with tert-alkyl or cyclic N) is 1. The quantitative estimate of drug-likeness (QED) is 0.489. The highest BCUT2D eigenvalue weighted by Crippen LogP contribution is 2.32. The van der Waals surface area contributed by atoms with Crippen molar-refractivity contribution in [1.29, 1.82) is 0 Å². The second-order valence-corrected chi connectivity index (χ2v) is 10.2. The molecule has 4 rings (SSSR count). The van der Waals surface area contributed by atoms with Crippen LogP contribution in [0.2, 0.25) is 0 Å². The number of aliphatic hydroxyl groups is 1. The first-order chi connectivity index (χ1) is 17.2. The van der Waals surface area contributed by atoms with Crippen molar-refractivity contribution in [2.45, 2.75) is 71.6 Å². The fourth-order valence-corrected chi connectivity index (χ4v) is 4.62. The van der Waals surface area contributed by atoms with Crippen LogP contribution in [0.3, 0.4) is 0 Å². The standard InChI is InChI=1S/C27H34N4O5/c1-15(2)22-11-24(36-30-22)25(16(3)4)27(34)31-13-20(32)10-23(31)26(33)28-12-18-6-8-19(9-7-18)21-14-35-29-17(21)5/h6-9,11,14-16,20,23,25,32H,10,12-13H2,1-5H3,(H,28,33). The Morgan fingerprint density at radius 1 is 1.17 bits per heavy atom. The zero-order valence-corrected chi connectivity index (χ0v) is 21.4. The monoisotopic (exact) mass is 494 g/mol. The van der Waals surface area contributed by atoms with Gasteiger partial charge in [0.25, 0.3) is 0 Å². The van der Waals surface area contributed by atoms with Crippen LogP contribution in [0.25, 0.3) is 11.1 Å². The maximum absolute atomic E-state index is 13.6. The molecule has 3 atom stereocenters. The van der Waals surface area contributed by atoms with Gasteiger partial charge in [0, 0.05) is 31.1 Å². The Labute approximate surface area is 210 Å². The summed E-state index contributed by atoms with van der Waals surface area (Å²) in [5.41, 5.74) is 4.41. The minimum Gasteiger partial charge on any atom is -0.391 e. The van der Waals surface area contributed by atoms with Gasteiger partial charge in [-0.1, -0.05) is 62.3 Å². The molecule has 2 amide bonds. The van der Waals surface area contributed by atoms with Crippen LogP contribution in [0, 0.1) is 12.8 Å². The molecule has 2 N–H and O–H groups in total. The molecular formula is C27H34N4O5. The highest BCUT2D eigenvalue weighted by molar-refractivity contribution is 5.91. The van der Waals surface area contributed by atoms with Crippen LogP contribution in [0.4, 0.5) is 0 Å². The number of benzene rings is 1. The van der Waals surface area contributed by atoms with E-state index >= 15 is 0 Å². The molecule has 0 bridgehead atoms. The van der Waals surface area contributed by atoms with Crippen LogP contribution in [0.5, 0.6) is 0 Å². The van der Waals surface area contributed by atoms with Crippen molar-refractivity contribution in [2.75, 3.05) is 6.54 Å². The number of hydrogen-bond acceptors (Lipinski definition) is 7. The van der Waals surface area contributed by atoms with Gasteiger partial charge in [-0.25, -0.2) is 0 Å². The molecule has 3 aromatic rings. The third-order valence-corrected chi connectivity index (χ3v) is 6.72. The summed E-state index contributed by atoms with van der Waals surface area (Å²) in [5.74, 6) is -0.517. The summed E-state index contributed by atoms with van der Waals surface area (Å²) in [4.78, 5) is 28.2. The predicted octanol–water partition coefficient (Wildman–Crippen LogP) is 3.78. The van der Waals surface area contributed by atoms with Crippen LogP contribution in [0.15, 0.2) is 45.6 Å². The number of aliphatic hydroxyl groups excluding tert-OH is 1. The van der Waals surface area contributed by atoms with Gasteiger partial charge in [-0.3, -0.25) is 9.59 Å². The van der Waals surface area contributed by atoms with E-state index in [1.54, 1.807) is 6.26 Å². The minimum atomic E-state index is -0.760. The number of rotatable bonds is 8. The topological polar surface area (TPSA) is 122 Å². The first-order valence-electron chi connectivity index (χ1n) is 12.4. The average Bonchev–Trinajstić information content (AvgIpc) is 3.58. The van der Waals surface area contributed by atoms with E-state index in [4.69, 9.17) is 9.05 Å². The lowest BCUT2D eigenvalue weighted by Gasteiger charge is -2.28. The molecular weight excluding hydrogens is 460 g/mol. The van der Waals surface area contributed by atoms with E-state index in [2.05, 4.69) is 15.6 Å². The van der Waals surface area contributed by atoms with Gasteiger partial charge in [0.2, 0.25) is 11.8 Å². The number of amides is 2. The molecule has 36 heavy (non-hydrogen) atoms. The van der Waals surface area contributed by atoms with Crippen molar-refractivity contribution in [2.24, 2.45) is 5.92 Å². The first-order valence-corrected chi connectivity index (χ1v) is 12.4. The molecule has 9 heteroatoms. The molecule has 0 aliphatic carbocycles. The van der Waals surface area contributed by atoms with Crippen LogP contribution < -0.4 is 5.32 Å². The van der Waals surface area contributed by atoms with Gasteiger partial charge in [0.1, 0.15) is 24.0 Å². The Hall–Kier alpha value is -3.46. The molecule has 0 saturated carbocycles. The van der Waals surface area contributed by atoms with Gasteiger partial charge in [0.05, 0.1) is 17.5 Å². The minimum absolute atomic E-state index is 0.0699. The number of carbonyl (C=O) groups is 2. The first kappa shape index (κ1) is 25.6. The molecule has 3 heterocycles. The molecule has 9 nitrogen and oxygen atoms in total. The summed E-state index contributed by atoms with van der Waals surface area (Å²) in [6.07, 6.45) is 1.04. The second-order valence-electron chi connectivity index (χ2n) is 10.2. The van der Waals surface area contributed by atoms with E-state index in [0.717, 1.165) is 28.1 Å². The van der Waals surface area contributed by atoms with Gasteiger partial charge in [0.15, 0.2) is 0 Å². The highest BCUT2D eigenvalue weighted by Gasteiger charge is 2.43. The lowest BCUT2D eigenvalue weighted by Crippen LogP contribution is -2.48. The summed E-state index contributed by atoms with van der Waals surface area (Å²) in [6, 6.07) is 8.83. The zero-order valence-electron chi connectivity index (χ0n) is 21.4. The Morgan fingerprint density at radius 3 is 2.47 bits per heavy atom. The maximum Gasteiger partial charge on any atom is 0.243 e. The Bertz CT molecular complexity index is 1200. The summed E-state index contributed by atoms with van der Waals surface area (Å²) >= 11 is 0. The number of nitrogens with zero attached hydrogens (tertiary/aromatic N) is 3. The summed E-state index contributed by atoms with van der Waals surface area (Å²) < 4.78 is 10.5. The van der Waals surface area contributed by atoms with Crippen molar-refractivity contribution in [3.63, 3.8) is 0 Å². The SMILES string of the molecule is Cc1nocc1-c1ccc(CNC(=O)C2CC(O)CN2C(=O)C(c2cc(C(C)C)no2)C(C)C)cc1. The highest BCUT2D eigenvalue weighted by atomic mass is 16.5. The largest absolute Gasteiger partial charge is 0.391 e. The summed E-state index contributed by atoms with van der Waals surface area (Å²) in [5, 5.41) is 21.3. The number of likely N-dealkylation sites (tertiary alicyclic amines) is 1. The number of hydrogen-bond donors (Lipinski definition) is 2. The molecule has 3 unspecified atom stereocenters. The van der Waals surface area contributed by atoms with Crippen molar-refractivity contribution in [1.82, 2.24) is 20.5 Å². The third kappa shape index (κ3) is 5.36. The van der Waals surface area contributed by atoms with Crippen LogP contribution in [-0.4, -0.2) is 50.8 Å². The third-order valence-electron chi connectivity index (χ3n) is 6.72. The summed E-state index contributed by atoms with van der Waals surface area (Å²) in [6.45, 7) is 10.2. The van der Waals surface area contributed by atoms with Gasteiger partial charge in [-0.15, -0.1) is 0 Å². The Kier molecular flexibility index (Phi) is 7.59. The van der Waals surface area contributed by atoms with Crippen molar-refractivity contribution in [3.05, 3.63) is 59.3 Å². The van der Waals surface area contributed by atoms with Crippen LogP contribution in [0.1, 0.15) is 68.7 Å². The fourth-order valence-electron chi connectivity index (χ4n) is 4.62. The predicted molar refractivity (Wildman–Crippen MR) is 133 cm³/mol. The van der Waals surface area contributed by atoms with E-state index in [0.29, 0.717) is 12.3 Å². The van der Waals surface area contributed by atoms with E-state index in [1.807, 2.05) is 65.0 Å². The molecule has 1 saturated heterocycles. The molecule has 1 aliphatic heterocycles. The van der Waals surface area contributed by atoms with Crippen LogP contribution in [-0.2, 0) is 16.1 Å². The van der Waals surface area contributed by atoms with E-state index < -0.39 is 18.1 Å². The van der Waals surface area contributed by atoms with Gasteiger partial charge in [-0.05, 0) is 29.9 Å². The van der Waals surface area contributed by atoms with Gasteiger partial charge < -0.3 is 24.4 Å². The van der Waals surface area contributed by atoms with Gasteiger partial charge in [-0.2, -0.15) is 0 Å². The number of nitrogens with one attached hydrogen (secondary N) is 1. The summed E-state index contributed by atoms with van der Waals surface area (Å²) in [7, 11) is 0. The Morgan fingerprint density at radius 2 is 1.89 bits per heavy atom. The number of aryl methyl sites for hydroxylation is 1. The van der Waals surface area contributed by atoms with Crippen molar-refractivity contribution >= 4 is 11.8 Å². The van der Waals surface area contributed by atoms with Gasteiger partial charge >= 0.3 is 0 Å². The number of aromatic nitrogens is 2. The molecule has 1 aliphatic rings. The molecule has 0 radical (unpaired) electrons. The second kappa shape index (κ2) is 10.7.